The smallest absolute Gasteiger partial charge is 0.303 e. The molecule has 1 unspecified atom stereocenters. The minimum atomic E-state index is -3.62. The van der Waals surface area contributed by atoms with Crippen LogP contribution in [-0.4, -0.2) is 31.3 Å². The molecule has 2 N–H and O–H groups in total. The van der Waals surface area contributed by atoms with E-state index in [1.54, 1.807) is 0 Å². The van der Waals surface area contributed by atoms with Gasteiger partial charge in [-0.25, -0.2) is 13.1 Å². The maximum Gasteiger partial charge on any atom is 0.303 e. The van der Waals surface area contributed by atoms with E-state index in [2.05, 4.69) is 10.8 Å². The van der Waals surface area contributed by atoms with Crippen molar-refractivity contribution in [1.29, 1.82) is 5.26 Å². The van der Waals surface area contributed by atoms with Gasteiger partial charge in [-0.05, 0) is 31.2 Å². The second kappa shape index (κ2) is 7.11. The molecule has 1 aromatic carbocycles. The van der Waals surface area contributed by atoms with Gasteiger partial charge >= 0.3 is 5.97 Å². The van der Waals surface area contributed by atoms with Gasteiger partial charge < -0.3 is 5.11 Å². The number of benzene rings is 1. The molecule has 124 valence electrons. The Bertz CT molecular complexity index is 691. The van der Waals surface area contributed by atoms with Crippen molar-refractivity contribution in [3.05, 3.63) is 35.9 Å². The summed E-state index contributed by atoms with van der Waals surface area (Å²) >= 11 is 0. The van der Waals surface area contributed by atoms with Crippen LogP contribution in [0.2, 0.25) is 0 Å². The number of sulfonamides is 1. The van der Waals surface area contributed by atoms with Crippen LogP contribution in [0.4, 0.5) is 0 Å². The molecule has 0 radical (unpaired) electrons. The normalized spacial score (nSPS) is 17.2. The molecule has 1 aromatic rings. The van der Waals surface area contributed by atoms with Crippen LogP contribution in [0.5, 0.6) is 0 Å². The summed E-state index contributed by atoms with van der Waals surface area (Å²) in [7, 11) is -3.62. The van der Waals surface area contributed by atoms with Crippen LogP contribution in [-0.2, 0) is 21.2 Å². The van der Waals surface area contributed by atoms with Crippen molar-refractivity contribution in [3.63, 3.8) is 0 Å². The van der Waals surface area contributed by atoms with Crippen LogP contribution >= 0.6 is 0 Å². The van der Waals surface area contributed by atoms with Crippen molar-refractivity contribution in [2.45, 2.75) is 38.1 Å². The Morgan fingerprint density at radius 3 is 2.52 bits per heavy atom. The molecule has 0 heterocycles. The molecule has 23 heavy (non-hydrogen) atoms. The minimum absolute atomic E-state index is 0.108. The summed E-state index contributed by atoms with van der Waals surface area (Å²) in [5.41, 5.74) is 0.183. The summed E-state index contributed by atoms with van der Waals surface area (Å²) in [6.07, 6.45) is 1.73. The number of carbonyl (C=O) groups is 1. The molecule has 2 rings (SSSR count). The molecule has 6 nitrogen and oxygen atoms in total. The predicted molar refractivity (Wildman–Crippen MR) is 85.0 cm³/mol. The highest BCUT2D eigenvalue weighted by molar-refractivity contribution is 7.89. The Balaban J connectivity index is 2.04. The monoisotopic (exact) mass is 336 g/mol. The van der Waals surface area contributed by atoms with Gasteiger partial charge in [0.15, 0.2) is 0 Å². The number of rotatable bonds is 9. The van der Waals surface area contributed by atoms with Gasteiger partial charge in [0.2, 0.25) is 10.0 Å². The summed E-state index contributed by atoms with van der Waals surface area (Å²) in [6, 6.07) is 10.9. The zero-order chi connectivity index (χ0) is 16.9. The first-order chi connectivity index (χ1) is 10.8. The minimum Gasteiger partial charge on any atom is -0.481 e. The fraction of sp³-hybridized carbons (Fsp3) is 0.500. The second-order valence-corrected chi connectivity index (χ2v) is 7.84. The fourth-order valence-electron chi connectivity index (χ4n) is 2.50. The van der Waals surface area contributed by atoms with E-state index in [-0.39, 0.29) is 18.6 Å². The van der Waals surface area contributed by atoms with Crippen LogP contribution in [0.3, 0.4) is 0 Å². The molecule has 1 saturated carbocycles. The molecule has 0 saturated heterocycles. The van der Waals surface area contributed by atoms with Crippen LogP contribution in [0, 0.1) is 16.7 Å². The van der Waals surface area contributed by atoms with Crippen molar-refractivity contribution >= 4 is 16.0 Å². The highest BCUT2D eigenvalue weighted by Gasteiger charge is 2.47. The van der Waals surface area contributed by atoms with Crippen molar-refractivity contribution < 1.29 is 18.3 Å². The van der Waals surface area contributed by atoms with Gasteiger partial charge in [-0.15, -0.1) is 0 Å². The zero-order valence-electron chi connectivity index (χ0n) is 12.7. The zero-order valence-corrected chi connectivity index (χ0v) is 13.6. The van der Waals surface area contributed by atoms with Gasteiger partial charge in [0.25, 0.3) is 0 Å². The van der Waals surface area contributed by atoms with Crippen LogP contribution in [0.15, 0.2) is 30.3 Å². The van der Waals surface area contributed by atoms with E-state index in [0.717, 1.165) is 5.56 Å². The number of hydrogen-bond donors (Lipinski definition) is 2. The number of carboxylic acids is 1. The first-order valence-corrected chi connectivity index (χ1v) is 9.16. The van der Waals surface area contributed by atoms with E-state index >= 15 is 0 Å². The lowest BCUT2D eigenvalue weighted by molar-refractivity contribution is -0.137. The highest BCUT2D eigenvalue weighted by Crippen LogP contribution is 2.45. The lowest BCUT2D eigenvalue weighted by Crippen LogP contribution is -2.40. The molecule has 1 fully saturated rings. The number of aliphatic carboxylic acids is 1. The Labute approximate surface area is 136 Å². The molecule has 0 spiro atoms. The molecule has 1 aliphatic carbocycles. The number of hydrogen-bond acceptors (Lipinski definition) is 4. The van der Waals surface area contributed by atoms with Gasteiger partial charge in [0.05, 0.1) is 17.2 Å². The summed E-state index contributed by atoms with van der Waals surface area (Å²) in [4.78, 5) is 10.8. The van der Waals surface area contributed by atoms with Gasteiger partial charge in [-0.2, -0.15) is 5.26 Å². The first kappa shape index (κ1) is 17.4. The second-order valence-electron chi connectivity index (χ2n) is 6.09. The Hall–Kier alpha value is -1.91. The predicted octanol–water partition coefficient (Wildman–Crippen LogP) is 1.69. The Morgan fingerprint density at radius 1 is 1.35 bits per heavy atom. The highest BCUT2D eigenvalue weighted by atomic mass is 32.2. The maximum absolute atomic E-state index is 12.3. The van der Waals surface area contributed by atoms with Crippen molar-refractivity contribution in [2.75, 3.05) is 5.75 Å². The largest absolute Gasteiger partial charge is 0.481 e. The van der Waals surface area contributed by atoms with Crippen LogP contribution in [0.1, 0.15) is 31.2 Å². The Morgan fingerprint density at radius 2 is 2.00 bits per heavy atom. The molecular weight excluding hydrogens is 316 g/mol. The molecule has 0 aliphatic heterocycles. The van der Waals surface area contributed by atoms with Crippen molar-refractivity contribution in [1.82, 2.24) is 4.72 Å². The van der Waals surface area contributed by atoms with Gasteiger partial charge in [-0.1, -0.05) is 30.3 Å². The van der Waals surface area contributed by atoms with Gasteiger partial charge in [-0.3, -0.25) is 4.79 Å². The van der Waals surface area contributed by atoms with E-state index in [9.17, 15) is 13.2 Å². The standard InChI is InChI=1S/C16H20N2O4S/c17-11-16(8-9-16)12-23(21,22)18-14(6-7-15(19)20)10-13-4-2-1-3-5-13/h1-5,14,18H,6-10,12H2,(H,19,20). The van der Waals surface area contributed by atoms with Gasteiger partial charge in [0.1, 0.15) is 0 Å². The van der Waals surface area contributed by atoms with Crippen molar-refractivity contribution in [2.24, 2.45) is 5.41 Å². The number of nitrogens with zero attached hydrogens (tertiary/aromatic N) is 1. The van der Waals surface area contributed by atoms with E-state index < -0.39 is 27.4 Å². The first-order valence-electron chi connectivity index (χ1n) is 7.51. The molecule has 1 atom stereocenters. The lowest BCUT2D eigenvalue weighted by Gasteiger charge is -2.19. The van der Waals surface area contributed by atoms with E-state index in [1.807, 2.05) is 30.3 Å². The molecule has 0 amide bonds. The molecule has 7 heteroatoms. The summed E-state index contributed by atoms with van der Waals surface area (Å²) in [5, 5.41) is 17.9. The molecular formula is C16H20N2O4S. The van der Waals surface area contributed by atoms with E-state index in [0.29, 0.717) is 19.3 Å². The maximum atomic E-state index is 12.3. The molecule has 0 aromatic heterocycles. The topological polar surface area (TPSA) is 107 Å². The van der Waals surface area contributed by atoms with Crippen LogP contribution in [0.25, 0.3) is 0 Å². The molecule has 1 aliphatic rings. The SMILES string of the molecule is N#CC1(CS(=O)(=O)NC(CCC(=O)O)Cc2ccccc2)CC1. The van der Waals surface area contributed by atoms with Crippen molar-refractivity contribution in [3.8, 4) is 6.07 Å². The third-order valence-electron chi connectivity index (χ3n) is 3.93. The average Bonchev–Trinajstić information content (AvgIpc) is 3.25. The third-order valence-corrected chi connectivity index (χ3v) is 5.56. The lowest BCUT2D eigenvalue weighted by atomic mass is 10.0. The quantitative estimate of drug-likeness (QED) is 0.713. The number of carboxylic acid groups (broad SMARTS) is 1. The third kappa shape index (κ3) is 5.66. The summed E-state index contributed by atoms with van der Waals surface area (Å²) < 4.78 is 27.1. The number of nitrogens with one attached hydrogen (secondary N) is 1. The fourth-order valence-corrected chi connectivity index (χ4v) is 4.37. The van der Waals surface area contributed by atoms with Gasteiger partial charge in [0, 0.05) is 12.5 Å². The number of nitriles is 1. The summed E-state index contributed by atoms with van der Waals surface area (Å²) in [5.74, 6) is -1.17. The average molecular weight is 336 g/mol. The van der Waals surface area contributed by atoms with Crippen LogP contribution < -0.4 is 4.72 Å². The van der Waals surface area contributed by atoms with E-state index in [4.69, 9.17) is 10.4 Å². The van der Waals surface area contributed by atoms with E-state index in [1.165, 1.54) is 0 Å². The summed E-state index contributed by atoms with van der Waals surface area (Å²) in [6.45, 7) is 0. The Kier molecular flexibility index (Phi) is 5.39. The molecule has 0 bridgehead atoms.